The van der Waals surface area contributed by atoms with Crippen LogP contribution in [0.5, 0.6) is 0 Å². The van der Waals surface area contributed by atoms with Crippen molar-refractivity contribution in [1.29, 1.82) is 0 Å². The Bertz CT molecular complexity index is 714. The molecule has 0 bridgehead atoms. The number of nitrogens with zero attached hydrogens (tertiary/aromatic N) is 5. The van der Waals surface area contributed by atoms with Gasteiger partial charge in [0.25, 0.3) is 6.43 Å². The zero-order chi connectivity index (χ0) is 17.7. The summed E-state index contributed by atoms with van der Waals surface area (Å²) in [5.41, 5.74) is -1.76. The lowest BCUT2D eigenvalue weighted by Gasteiger charge is -2.06. The molecule has 0 fully saturated rings. The van der Waals surface area contributed by atoms with E-state index in [2.05, 4.69) is 15.5 Å². The molecule has 1 amide bonds. The lowest BCUT2D eigenvalue weighted by Crippen LogP contribution is -2.29. The number of carbonyl (C=O) groups excluding carboxylic acids is 1. The largest absolute Gasteiger partial charge is 0.354 e. The Balaban J connectivity index is 1.91. The van der Waals surface area contributed by atoms with E-state index >= 15 is 0 Å². The number of rotatable bonds is 8. The summed E-state index contributed by atoms with van der Waals surface area (Å²) < 4.78 is 28.3. The fraction of sp³-hybridized carbons (Fsp3) is 0.462. The molecule has 11 heteroatoms. The van der Waals surface area contributed by atoms with Crippen molar-refractivity contribution in [3.8, 4) is 0 Å². The molecule has 0 saturated heterocycles. The summed E-state index contributed by atoms with van der Waals surface area (Å²) in [5.74, 6) is -0.461. The fourth-order valence-corrected chi connectivity index (χ4v) is 2.18. The number of nitro groups is 1. The molecule has 2 heterocycles. The first-order chi connectivity index (χ1) is 11.4. The Labute approximate surface area is 135 Å². The molecule has 0 atom stereocenters. The number of nitrogens with one attached hydrogen (secondary N) is 1. The van der Waals surface area contributed by atoms with E-state index in [-0.39, 0.29) is 12.2 Å². The van der Waals surface area contributed by atoms with Gasteiger partial charge in [0.2, 0.25) is 11.6 Å². The third kappa shape index (κ3) is 4.12. The predicted molar refractivity (Wildman–Crippen MR) is 78.4 cm³/mol. The van der Waals surface area contributed by atoms with Crippen LogP contribution >= 0.6 is 0 Å². The van der Waals surface area contributed by atoms with E-state index in [1.165, 1.54) is 6.92 Å². The van der Waals surface area contributed by atoms with Crippen LogP contribution in [0.3, 0.4) is 0 Å². The van der Waals surface area contributed by atoms with Crippen molar-refractivity contribution in [2.24, 2.45) is 0 Å². The summed E-state index contributed by atoms with van der Waals surface area (Å²) in [6.07, 6.45) is 0.989. The molecule has 0 aromatic carbocycles. The van der Waals surface area contributed by atoms with Crippen molar-refractivity contribution in [2.45, 2.75) is 32.9 Å². The molecule has 0 saturated carbocycles. The number of aromatic nitrogens is 4. The number of carbonyl (C=O) groups is 1. The average molecular weight is 342 g/mol. The second kappa shape index (κ2) is 7.62. The lowest BCUT2D eigenvalue weighted by atomic mass is 10.3. The Kier molecular flexibility index (Phi) is 5.55. The second-order valence-electron chi connectivity index (χ2n) is 5.01. The highest BCUT2D eigenvalue weighted by Gasteiger charge is 2.31. The van der Waals surface area contributed by atoms with E-state index in [4.69, 9.17) is 0 Å². The van der Waals surface area contributed by atoms with E-state index in [1.807, 2.05) is 0 Å². The van der Waals surface area contributed by atoms with E-state index in [9.17, 15) is 23.7 Å². The van der Waals surface area contributed by atoms with Crippen LogP contribution in [0.1, 0.15) is 24.2 Å². The molecule has 0 spiro atoms. The van der Waals surface area contributed by atoms with Crippen LogP contribution in [-0.4, -0.2) is 36.9 Å². The number of alkyl halides is 2. The van der Waals surface area contributed by atoms with Crippen molar-refractivity contribution in [3.05, 3.63) is 40.0 Å². The van der Waals surface area contributed by atoms with Crippen LogP contribution in [0.2, 0.25) is 0 Å². The molecule has 0 aliphatic carbocycles. The number of hydrogen-bond donors (Lipinski definition) is 1. The summed E-state index contributed by atoms with van der Waals surface area (Å²) in [5, 5.41) is 21.0. The van der Waals surface area contributed by atoms with Gasteiger partial charge in [-0.05, 0) is 19.4 Å². The zero-order valence-electron chi connectivity index (χ0n) is 12.9. The molecule has 24 heavy (non-hydrogen) atoms. The molecular weight excluding hydrogens is 326 g/mol. The Morgan fingerprint density at radius 1 is 1.50 bits per heavy atom. The summed E-state index contributed by atoms with van der Waals surface area (Å²) >= 11 is 0. The third-order valence-corrected chi connectivity index (χ3v) is 3.33. The standard InChI is InChI=1S/C13H16F2N6O3/c1-9-12(21(23)24)11(13(14)15)18-20(9)8-10(22)16-4-2-6-19-7-3-5-17-19/h3,5,7,13H,2,4,6,8H2,1H3,(H,16,22). The van der Waals surface area contributed by atoms with Crippen molar-refractivity contribution in [2.75, 3.05) is 6.54 Å². The summed E-state index contributed by atoms with van der Waals surface area (Å²) in [4.78, 5) is 21.8. The third-order valence-electron chi connectivity index (χ3n) is 3.33. The van der Waals surface area contributed by atoms with Crippen molar-refractivity contribution >= 4 is 11.6 Å². The van der Waals surface area contributed by atoms with Gasteiger partial charge in [0.1, 0.15) is 12.2 Å². The normalized spacial score (nSPS) is 11.0. The Morgan fingerprint density at radius 3 is 2.79 bits per heavy atom. The molecular formula is C13H16F2N6O3. The van der Waals surface area contributed by atoms with Gasteiger partial charge in [0.15, 0.2) is 0 Å². The highest BCUT2D eigenvalue weighted by Crippen LogP contribution is 2.30. The van der Waals surface area contributed by atoms with Crippen LogP contribution in [0.25, 0.3) is 0 Å². The van der Waals surface area contributed by atoms with Gasteiger partial charge in [-0.25, -0.2) is 8.78 Å². The van der Waals surface area contributed by atoms with E-state index in [0.717, 1.165) is 4.68 Å². The Hall–Kier alpha value is -2.85. The van der Waals surface area contributed by atoms with Gasteiger partial charge in [0.05, 0.1) is 4.92 Å². The average Bonchev–Trinajstić information content (AvgIpc) is 3.12. The monoisotopic (exact) mass is 342 g/mol. The van der Waals surface area contributed by atoms with Crippen LogP contribution < -0.4 is 5.32 Å². The van der Waals surface area contributed by atoms with E-state index < -0.39 is 28.6 Å². The predicted octanol–water partition coefficient (Wildman–Crippen LogP) is 1.44. The van der Waals surface area contributed by atoms with E-state index in [0.29, 0.717) is 19.5 Å². The van der Waals surface area contributed by atoms with Gasteiger partial charge in [-0.15, -0.1) is 0 Å². The summed E-state index contributed by atoms with van der Waals surface area (Å²) in [6, 6.07) is 1.78. The van der Waals surface area contributed by atoms with Gasteiger partial charge in [-0.1, -0.05) is 0 Å². The molecule has 1 N–H and O–H groups in total. The first-order valence-electron chi connectivity index (χ1n) is 7.14. The first kappa shape index (κ1) is 17.5. The van der Waals surface area contributed by atoms with Crippen LogP contribution in [-0.2, 0) is 17.9 Å². The minimum absolute atomic E-state index is 0.0815. The van der Waals surface area contributed by atoms with Crippen LogP contribution in [0, 0.1) is 17.0 Å². The molecule has 0 aliphatic rings. The molecule has 0 radical (unpaired) electrons. The Morgan fingerprint density at radius 2 is 2.25 bits per heavy atom. The smallest absolute Gasteiger partial charge is 0.319 e. The zero-order valence-corrected chi connectivity index (χ0v) is 12.9. The number of aryl methyl sites for hydroxylation is 1. The minimum Gasteiger partial charge on any atom is -0.354 e. The quantitative estimate of drug-likeness (QED) is 0.444. The summed E-state index contributed by atoms with van der Waals surface area (Å²) in [7, 11) is 0. The van der Waals surface area contributed by atoms with Gasteiger partial charge in [-0.2, -0.15) is 10.2 Å². The molecule has 9 nitrogen and oxygen atoms in total. The number of amides is 1. The van der Waals surface area contributed by atoms with Crippen molar-refractivity contribution < 1.29 is 18.5 Å². The molecule has 0 aliphatic heterocycles. The summed E-state index contributed by atoms with van der Waals surface area (Å²) in [6.45, 7) is 1.90. The second-order valence-corrected chi connectivity index (χ2v) is 5.01. The topological polar surface area (TPSA) is 108 Å². The fourth-order valence-electron chi connectivity index (χ4n) is 2.18. The molecule has 2 aromatic rings. The highest BCUT2D eigenvalue weighted by molar-refractivity contribution is 5.75. The van der Waals surface area contributed by atoms with Crippen LogP contribution in [0.4, 0.5) is 14.5 Å². The lowest BCUT2D eigenvalue weighted by molar-refractivity contribution is -0.386. The molecule has 0 unspecified atom stereocenters. The van der Waals surface area contributed by atoms with Gasteiger partial charge in [-0.3, -0.25) is 24.3 Å². The SMILES string of the molecule is Cc1c([N+](=O)[O-])c(C(F)F)nn1CC(=O)NCCCn1cccn1. The van der Waals surface area contributed by atoms with E-state index in [1.54, 1.807) is 23.1 Å². The van der Waals surface area contributed by atoms with Crippen LogP contribution in [0.15, 0.2) is 18.5 Å². The molecule has 2 rings (SSSR count). The maximum absolute atomic E-state index is 12.8. The van der Waals surface area contributed by atoms with Gasteiger partial charge < -0.3 is 5.32 Å². The maximum atomic E-state index is 12.8. The minimum atomic E-state index is -3.08. The van der Waals surface area contributed by atoms with Crippen molar-refractivity contribution in [1.82, 2.24) is 24.9 Å². The molecule has 130 valence electrons. The number of hydrogen-bond acceptors (Lipinski definition) is 5. The number of halogens is 2. The van der Waals surface area contributed by atoms with Crippen molar-refractivity contribution in [3.63, 3.8) is 0 Å². The highest BCUT2D eigenvalue weighted by atomic mass is 19.3. The molecule has 2 aromatic heterocycles. The maximum Gasteiger partial charge on any atom is 0.319 e. The van der Waals surface area contributed by atoms with Gasteiger partial charge >= 0.3 is 5.69 Å². The first-order valence-corrected chi connectivity index (χ1v) is 7.14. The van der Waals surface area contributed by atoms with Gasteiger partial charge in [0, 0.05) is 25.5 Å².